The lowest BCUT2D eigenvalue weighted by atomic mass is 9.81. The van der Waals surface area contributed by atoms with E-state index in [-0.39, 0.29) is 5.82 Å². The van der Waals surface area contributed by atoms with E-state index in [1.807, 2.05) is 12.1 Å². The Bertz CT molecular complexity index is 645. The van der Waals surface area contributed by atoms with Crippen LogP contribution in [-0.2, 0) is 6.42 Å². The molecule has 0 bridgehead atoms. The van der Waals surface area contributed by atoms with Gasteiger partial charge in [0.2, 0.25) is 0 Å². The van der Waals surface area contributed by atoms with Crippen LogP contribution in [0.2, 0.25) is 0 Å². The van der Waals surface area contributed by atoms with E-state index in [1.54, 1.807) is 24.3 Å². The number of aryl methyl sites for hydroxylation is 1. The highest BCUT2D eigenvalue weighted by Gasteiger charge is 2.24. The van der Waals surface area contributed by atoms with Crippen LogP contribution < -0.4 is 0 Å². The van der Waals surface area contributed by atoms with Crippen molar-refractivity contribution in [3.63, 3.8) is 0 Å². The molecule has 0 spiro atoms. The third-order valence-electron chi connectivity index (χ3n) is 5.57. The van der Waals surface area contributed by atoms with Crippen molar-refractivity contribution in [1.82, 2.24) is 4.90 Å². The zero-order chi connectivity index (χ0) is 17.6. The summed E-state index contributed by atoms with van der Waals surface area (Å²) in [5, 5.41) is 9.42. The Balaban J connectivity index is 1.41. The lowest BCUT2D eigenvalue weighted by Gasteiger charge is -2.35. The topological polar surface area (TPSA) is 23.5 Å². The van der Waals surface area contributed by atoms with Crippen LogP contribution in [0.25, 0.3) is 0 Å². The maximum absolute atomic E-state index is 12.9. The van der Waals surface area contributed by atoms with Crippen LogP contribution in [0.15, 0.2) is 48.5 Å². The van der Waals surface area contributed by atoms with Gasteiger partial charge in [0, 0.05) is 6.04 Å². The number of benzene rings is 2. The van der Waals surface area contributed by atoms with Crippen molar-refractivity contribution in [1.29, 1.82) is 0 Å². The fraction of sp³-hybridized carbons (Fsp3) is 0.455. The first-order chi connectivity index (χ1) is 12.1. The first kappa shape index (κ1) is 17.9. The molecule has 1 aliphatic carbocycles. The Labute approximate surface area is 150 Å². The number of phenols is 1. The molecule has 25 heavy (non-hydrogen) atoms. The van der Waals surface area contributed by atoms with Gasteiger partial charge in [0.15, 0.2) is 0 Å². The SMILES string of the molecule is CN(CCCc1ccc(F)cc1)[C@H]1CC[C@H](c2ccc(O)cc2)CC1. The fourth-order valence-electron chi connectivity index (χ4n) is 3.96. The average Bonchev–Trinajstić information content (AvgIpc) is 2.64. The number of aromatic hydroxyl groups is 1. The van der Waals surface area contributed by atoms with E-state index in [1.165, 1.54) is 36.8 Å². The molecule has 2 aromatic carbocycles. The number of rotatable bonds is 6. The fourth-order valence-corrected chi connectivity index (χ4v) is 3.96. The monoisotopic (exact) mass is 341 g/mol. The summed E-state index contributed by atoms with van der Waals surface area (Å²) in [5.74, 6) is 0.814. The van der Waals surface area contributed by atoms with E-state index in [4.69, 9.17) is 0 Å². The van der Waals surface area contributed by atoms with Gasteiger partial charge in [-0.2, -0.15) is 0 Å². The van der Waals surface area contributed by atoms with Crippen LogP contribution in [0.5, 0.6) is 5.75 Å². The van der Waals surface area contributed by atoms with Gasteiger partial charge in [-0.1, -0.05) is 24.3 Å². The number of hydrogen-bond donors (Lipinski definition) is 1. The molecule has 0 unspecified atom stereocenters. The van der Waals surface area contributed by atoms with Crippen molar-refractivity contribution in [2.45, 2.75) is 50.5 Å². The number of phenolic OH excluding ortho intramolecular Hbond substituents is 1. The summed E-state index contributed by atoms with van der Waals surface area (Å²) in [6, 6.07) is 15.2. The second-order valence-corrected chi connectivity index (χ2v) is 7.31. The molecule has 1 aliphatic rings. The zero-order valence-corrected chi connectivity index (χ0v) is 15.0. The van der Waals surface area contributed by atoms with Crippen molar-refractivity contribution in [3.8, 4) is 5.75 Å². The molecule has 2 aromatic rings. The molecule has 2 nitrogen and oxygen atoms in total. The highest BCUT2D eigenvalue weighted by atomic mass is 19.1. The second-order valence-electron chi connectivity index (χ2n) is 7.31. The van der Waals surface area contributed by atoms with Crippen molar-refractivity contribution in [3.05, 3.63) is 65.5 Å². The summed E-state index contributed by atoms with van der Waals surface area (Å²) in [4.78, 5) is 2.50. The Morgan fingerprint density at radius 3 is 2.24 bits per heavy atom. The summed E-state index contributed by atoms with van der Waals surface area (Å²) in [5.41, 5.74) is 2.57. The predicted molar refractivity (Wildman–Crippen MR) is 100 cm³/mol. The van der Waals surface area contributed by atoms with Gasteiger partial charge in [0.05, 0.1) is 0 Å². The molecular weight excluding hydrogens is 313 g/mol. The molecule has 0 heterocycles. The molecule has 0 amide bonds. The van der Waals surface area contributed by atoms with E-state index in [0.29, 0.717) is 17.7 Å². The van der Waals surface area contributed by atoms with Gasteiger partial charge in [-0.15, -0.1) is 0 Å². The molecule has 3 heteroatoms. The molecule has 0 radical (unpaired) electrons. The van der Waals surface area contributed by atoms with Crippen LogP contribution in [-0.4, -0.2) is 29.6 Å². The second kappa shape index (κ2) is 8.48. The number of nitrogens with zero attached hydrogens (tertiary/aromatic N) is 1. The van der Waals surface area contributed by atoms with Gasteiger partial charge in [0.25, 0.3) is 0 Å². The third-order valence-corrected chi connectivity index (χ3v) is 5.57. The molecule has 1 saturated carbocycles. The standard InChI is InChI=1S/C22H28FNO/c1-24(16-2-3-17-4-10-20(23)11-5-17)21-12-6-18(7-13-21)19-8-14-22(25)15-9-19/h4-5,8-11,14-15,18,21,25H,2-3,6-7,12-13,16H2,1H3/t18-,21-. The predicted octanol–water partition coefficient (Wildman–Crippen LogP) is 5.12. The highest BCUT2D eigenvalue weighted by Crippen LogP contribution is 2.35. The van der Waals surface area contributed by atoms with Gasteiger partial charge in [0.1, 0.15) is 11.6 Å². The molecule has 0 atom stereocenters. The maximum atomic E-state index is 12.9. The summed E-state index contributed by atoms with van der Waals surface area (Å²) in [7, 11) is 2.23. The summed E-state index contributed by atoms with van der Waals surface area (Å²) in [6.45, 7) is 1.09. The first-order valence-corrected chi connectivity index (χ1v) is 9.35. The minimum Gasteiger partial charge on any atom is -0.508 e. The van der Waals surface area contributed by atoms with Gasteiger partial charge < -0.3 is 10.0 Å². The molecule has 0 aliphatic heterocycles. The Morgan fingerprint density at radius 1 is 0.960 bits per heavy atom. The molecule has 1 N–H and O–H groups in total. The molecule has 3 rings (SSSR count). The summed E-state index contributed by atoms with van der Waals surface area (Å²) >= 11 is 0. The van der Waals surface area contributed by atoms with Crippen LogP contribution in [0.1, 0.15) is 49.1 Å². The van der Waals surface area contributed by atoms with Crippen LogP contribution in [0.3, 0.4) is 0 Å². The molecule has 0 aromatic heterocycles. The quantitative estimate of drug-likeness (QED) is 0.788. The van der Waals surface area contributed by atoms with Gasteiger partial charge >= 0.3 is 0 Å². The van der Waals surface area contributed by atoms with E-state index in [2.05, 4.69) is 24.1 Å². The first-order valence-electron chi connectivity index (χ1n) is 9.35. The summed E-state index contributed by atoms with van der Waals surface area (Å²) in [6.07, 6.45) is 7.03. The minimum atomic E-state index is -0.161. The van der Waals surface area contributed by atoms with E-state index in [0.717, 1.165) is 19.4 Å². The van der Waals surface area contributed by atoms with E-state index >= 15 is 0 Å². The van der Waals surface area contributed by atoms with Gasteiger partial charge in [-0.3, -0.25) is 0 Å². The van der Waals surface area contributed by atoms with Crippen molar-refractivity contribution < 1.29 is 9.50 Å². The van der Waals surface area contributed by atoms with E-state index in [9.17, 15) is 9.50 Å². The highest BCUT2D eigenvalue weighted by molar-refractivity contribution is 5.28. The van der Waals surface area contributed by atoms with Crippen LogP contribution >= 0.6 is 0 Å². The molecule has 1 fully saturated rings. The van der Waals surface area contributed by atoms with Gasteiger partial charge in [-0.05, 0) is 93.4 Å². The number of hydrogen-bond acceptors (Lipinski definition) is 2. The van der Waals surface area contributed by atoms with Crippen LogP contribution in [0.4, 0.5) is 4.39 Å². The minimum absolute atomic E-state index is 0.161. The zero-order valence-electron chi connectivity index (χ0n) is 15.0. The Hall–Kier alpha value is -1.87. The lowest BCUT2D eigenvalue weighted by molar-refractivity contribution is 0.181. The van der Waals surface area contributed by atoms with Crippen molar-refractivity contribution >= 4 is 0 Å². The normalized spacial score (nSPS) is 20.8. The average molecular weight is 341 g/mol. The van der Waals surface area contributed by atoms with Crippen molar-refractivity contribution in [2.24, 2.45) is 0 Å². The number of halogens is 1. The largest absolute Gasteiger partial charge is 0.508 e. The molecule has 134 valence electrons. The Morgan fingerprint density at radius 2 is 1.60 bits per heavy atom. The van der Waals surface area contributed by atoms with Crippen molar-refractivity contribution in [2.75, 3.05) is 13.6 Å². The summed E-state index contributed by atoms with van der Waals surface area (Å²) < 4.78 is 12.9. The van der Waals surface area contributed by atoms with Crippen LogP contribution in [0, 0.1) is 5.82 Å². The maximum Gasteiger partial charge on any atom is 0.123 e. The smallest absolute Gasteiger partial charge is 0.123 e. The lowest BCUT2D eigenvalue weighted by Crippen LogP contribution is -2.35. The third kappa shape index (κ3) is 5.05. The molecule has 0 saturated heterocycles. The van der Waals surface area contributed by atoms with E-state index < -0.39 is 0 Å². The molecular formula is C22H28FNO. The van der Waals surface area contributed by atoms with Gasteiger partial charge in [-0.25, -0.2) is 4.39 Å². The Kier molecular flexibility index (Phi) is 6.09.